The van der Waals surface area contributed by atoms with Gasteiger partial charge in [0.25, 0.3) is 0 Å². The first-order chi connectivity index (χ1) is 15.6. The van der Waals surface area contributed by atoms with E-state index in [2.05, 4.69) is 16.0 Å². The average Bonchev–Trinajstić information content (AvgIpc) is 2.83. The lowest BCUT2D eigenvalue weighted by Gasteiger charge is -2.51. The summed E-state index contributed by atoms with van der Waals surface area (Å²) in [6.07, 6.45) is 4.63. The number of hydrogen-bond donors (Lipinski definition) is 1. The maximum atomic E-state index is 11.4. The van der Waals surface area contributed by atoms with E-state index in [1.165, 1.54) is 6.42 Å². The molecule has 4 heterocycles. The number of nitrogens with zero attached hydrogens (tertiary/aromatic N) is 2. The van der Waals surface area contributed by atoms with Gasteiger partial charge in [0, 0.05) is 50.0 Å². The molecule has 7 heteroatoms. The second kappa shape index (κ2) is 10.7. The van der Waals surface area contributed by atoms with Gasteiger partial charge in [0.05, 0.1) is 11.6 Å². The molecule has 3 saturated heterocycles. The van der Waals surface area contributed by atoms with Crippen molar-refractivity contribution in [2.45, 2.75) is 58.2 Å². The maximum Gasteiger partial charge on any atom is 0.500 e. The number of pyridine rings is 1. The van der Waals surface area contributed by atoms with Gasteiger partial charge < -0.3 is 18.4 Å². The zero-order valence-electron chi connectivity index (χ0n) is 19.7. The van der Waals surface area contributed by atoms with Crippen LogP contribution in [0, 0.1) is 11.8 Å². The third-order valence-electron chi connectivity index (χ3n) is 7.22. The molecule has 0 spiro atoms. The summed E-state index contributed by atoms with van der Waals surface area (Å²) in [6, 6.07) is 11.1. The van der Waals surface area contributed by atoms with Gasteiger partial charge in [0.1, 0.15) is 0 Å². The first kappa shape index (κ1) is 23.8. The Labute approximate surface area is 193 Å². The topological polar surface area (TPSA) is 64.1 Å². The van der Waals surface area contributed by atoms with Crippen molar-refractivity contribution in [3.63, 3.8) is 0 Å². The molecule has 1 aromatic heterocycles. The molecule has 6 nitrogen and oxygen atoms in total. The van der Waals surface area contributed by atoms with Crippen LogP contribution in [-0.2, 0) is 13.3 Å². The molecule has 1 N–H and O–H groups in total. The lowest BCUT2D eigenvalue weighted by atomic mass is 9.72. The standard InChI is InChI=1S/C25H38N2O4Si/c1-4-29-32(30-5-2,31-6-3)16-13-20-18-27-15-12-19(20)17-24(27)25(28)22-11-14-26-23-10-8-7-9-21(22)23/h7-11,14,19-20,24-25,28H,4-6,12-13,15-18H2,1-3H3/t19-,20-,24+,25?/m0/s1. The predicted octanol–water partition coefficient (Wildman–Crippen LogP) is 4.42. The Morgan fingerprint density at radius 1 is 1.09 bits per heavy atom. The number of hydrogen-bond acceptors (Lipinski definition) is 6. The fraction of sp³-hybridized carbons (Fsp3) is 0.640. The number of aliphatic hydroxyl groups excluding tert-OH is 1. The van der Waals surface area contributed by atoms with Crippen molar-refractivity contribution >= 4 is 19.7 Å². The minimum absolute atomic E-state index is 0.170. The van der Waals surface area contributed by atoms with Crippen LogP contribution in [0.25, 0.3) is 10.9 Å². The van der Waals surface area contributed by atoms with Crippen LogP contribution >= 0.6 is 0 Å². The molecule has 32 heavy (non-hydrogen) atoms. The van der Waals surface area contributed by atoms with E-state index in [-0.39, 0.29) is 6.04 Å². The quantitative estimate of drug-likeness (QED) is 0.503. The van der Waals surface area contributed by atoms with Gasteiger partial charge in [-0.3, -0.25) is 9.88 Å². The molecule has 3 aliphatic heterocycles. The molecular formula is C25H38N2O4Si. The number of benzene rings is 1. The third-order valence-corrected chi connectivity index (χ3v) is 10.3. The molecule has 0 aliphatic carbocycles. The molecule has 0 saturated carbocycles. The van der Waals surface area contributed by atoms with Gasteiger partial charge in [-0.2, -0.15) is 0 Å². The zero-order valence-corrected chi connectivity index (χ0v) is 20.7. The number of fused-ring (bicyclic) bond motifs is 4. The second-order valence-electron chi connectivity index (χ2n) is 8.99. The zero-order chi connectivity index (χ0) is 22.6. The molecule has 3 fully saturated rings. The minimum Gasteiger partial charge on any atom is -0.387 e. The van der Waals surface area contributed by atoms with Gasteiger partial charge in [0.15, 0.2) is 0 Å². The molecule has 0 radical (unpaired) electrons. The lowest BCUT2D eigenvalue weighted by molar-refractivity contribution is -0.0574. The summed E-state index contributed by atoms with van der Waals surface area (Å²) < 4.78 is 18.2. The van der Waals surface area contributed by atoms with Crippen LogP contribution < -0.4 is 0 Å². The number of rotatable bonds is 11. The van der Waals surface area contributed by atoms with E-state index >= 15 is 0 Å². The first-order valence-corrected chi connectivity index (χ1v) is 14.2. The minimum atomic E-state index is -2.60. The molecule has 176 valence electrons. The molecule has 3 aliphatic rings. The number of aliphatic hydroxyl groups is 1. The van der Waals surface area contributed by atoms with Crippen molar-refractivity contribution in [2.75, 3.05) is 32.9 Å². The summed E-state index contributed by atoms with van der Waals surface area (Å²) in [5, 5.41) is 12.5. The molecule has 0 amide bonds. The Bertz CT molecular complexity index is 860. The molecule has 5 atom stereocenters. The fourth-order valence-electron chi connectivity index (χ4n) is 5.78. The predicted molar refractivity (Wildman–Crippen MR) is 128 cm³/mol. The van der Waals surface area contributed by atoms with Gasteiger partial charge in [-0.15, -0.1) is 0 Å². The Kier molecular flexibility index (Phi) is 7.97. The van der Waals surface area contributed by atoms with Crippen LogP contribution in [0.2, 0.25) is 6.04 Å². The van der Waals surface area contributed by atoms with Crippen molar-refractivity contribution in [3.05, 3.63) is 42.1 Å². The summed E-state index contributed by atoms with van der Waals surface area (Å²) in [4.78, 5) is 6.98. The smallest absolute Gasteiger partial charge is 0.387 e. The largest absolute Gasteiger partial charge is 0.500 e. The maximum absolute atomic E-state index is 11.4. The van der Waals surface area contributed by atoms with E-state index in [0.29, 0.717) is 31.7 Å². The number of aromatic nitrogens is 1. The van der Waals surface area contributed by atoms with E-state index in [1.807, 2.05) is 51.2 Å². The van der Waals surface area contributed by atoms with Crippen LogP contribution in [0.15, 0.2) is 36.5 Å². The van der Waals surface area contributed by atoms with Crippen LogP contribution in [0.4, 0.5) is 0 Å². The first-order valence-electron chi connectivity index (χ1n) is 12.3. The van der Waals surface area contributed by atoms with Crippen molar-refractivity contribution in [3.8, 4) is 0 Å². The Morgan fingerprint density at radius 2 is 1.81 bits per heavy atom. The molecular weight excluding hydrogens is 420 g/mol. The van der Waals surface area contributed by atoms with E-state index in [0.717, 1.165) is 48.4 Å². The summed E-state index contributed by atoms with van der Waals surface area (Å²) in [5.74, 6) is 1.24. The molecule has 2 aromatic rings. The summed E-state index contributed by atoms with van der Waals surface area (Å²) in [7, 11) is -2.60. The Balaban J connectivity index is 1.44. The van der Waals surface area contributed by atoms with Gasteiger partial charge >= 0.3 is 8.80 Å². The average molecular weight is 459 g/mol. The third kappa shape index (κ3) is 4.93. The van der Waals surface area contributed by atoms with Gasteiger partial charge in [-0.05, 0) is 76.1 Å². The monoisotopic (exact) mass is 458 g/mol. The summed E-state index contributed by atoms with van der Waals surface area (Å²) in [6.45, 7) is 10.0. The van der Waals surface area contributed by atoms with Gasteiger partial charge in [-0.25, -0.2) is 0 Å². The van der Waals surface area contributed by atoms with E-state index < -0.39 is 14.9 Å². The molecule has 5 rings (SSSR count). The highest BCUT2D eigenvalue weighted by Crippen LogP contribution is 2.43. The van der Waals surface area contributed by atoms with E-state index in [4.69, 9.17) is 13.3 Å². The normalized spacial score (nSPS) is 26.5. The van der Waals surface area contributed by atoms with Crippen LogP contribution in [0.3, 0.4) is 0 Å². The number of para-hydroxylation sites is 1. The number of piperidine rings is 3. The fourth-order valence-corrected chi connectivity index (χ4v) is 8.51. The van der Waals surface area contributed by atoms with Crippen molar-refractivity contribution in [1.82, 2.24) is 9.88 Å². The van der Waals surface area contributed by atoms with Gasteiger partial charge in [0.2, 0.25) is 0 Å². The molecule has 1 aromatic carbocycles. The highest BCUT2D eigenvalue weighted by Gasteiger charge is 2.46. The highest BCUT2D eigenvalue weighted by atomic mass is 28.4. The SMILES string of the molecule is CCO[Si](CC[C@H]1CN2CC[C@H]1C[C@@H]2C(O)c1ccnc2ccccc12)(OCC)OCC. The Morgan fingerprint density at radius 3 is 2.47 bits per heavy atom. The van der Waals surface area contributed by atoms with Crippen LogP contribution in [0.1, 0.15) is 51.7 Å². The van der Waals surface area contributed by atoms with Crippen molar-refractivity contribution in [1.29, 1.82) is 0 Å². The summed E-state index contributed by atoms with van der Waals surface area (Å²) in [5.41, 5.74) is 1.95. The van der Waals surface area contributed by atoms with Crippen LogP contribution in [-0.4, -0.2) is 62.7 Å². The lowest BCUT2D eigenvalue weighted by Crippen LogP contribution is -2.56. The van der Waals surface area contributed by atoms with E-state index in [1.54, 1.807) is 0 Å². The Hall–Kier alpha value is -1.35. The second-order valence-corrected chi connectivity index (χ2v) is 11.7. The molecule has 2 unspecified atom stereocenters. The van der Waals surface area contributed by atoms with E-state index in [9.17, 15) is 5.11 Å². The van der Waals surface area contributed by atoms with Crippen molar-refractivity contribution in [2.24, 2.45) is 11.8 Å². The highest BCUT2D eigenvalue weighted by molar-refractivity contribution is 6.60. The summed E-state index contributed by atoms with van der Waals surface area (Å²) >= 11 is 0. The van der Waals surface area contributed by atoms with Crippen molar-refractivity contribution < 1.29 is 18.4 Å². The molecule has 2 bridgehead atoms. The van der Waals surface area contributed by atoms with Gasteiger partial charge in [-0.1, -0.05) is 18.2 Å². The van der Waals surface area contributed by atoms with Crippen LogP contribution in [0.5, 0.6) is 0 Å².